The summed E-state index contributed by atoms with van der Waals surface area (Å²) in [6.45, 7) is 6.43. The predicted molar refractivity (Wildman–Crippen MR) is 147 cm³/mol. The number of methoxy groups -OCH3 is 1. The molecule has 2 saturated heterocycles. The number of carbonyl (C=O) groups is 2. The third-order valence-electron chi connectivity index (χ3n) is 7.81. The number of ether oxygens (including phenoxy) is 2. The third kappa shape index (κ3) is 4.27. The molecule has 6 nitrogen and oxygen atoms in total. The van der Waals surface area contributed by atoms with Crippen molar-refractivity contribution in [3.05, 3.63) is 108 Å². The van der Waals surface area contributed by atoms with Crippen LogP contribution in [-0.4, -0.2) is 59.2 Å². The average molecular weight is 513 g/mol. The molecule has 0 saturated carbocycles. The second-order valence-electron chi connectivity index (χ2n) is 11.3. The number of hydrogen-bond acceptors (Lipinski definition) is 5. The second kappa shape index (κ2) is 9.91. The van der Waals surface area contributed by atoms with Crippen LogP contribution < -0.4 is 0 Å². The molecule has 0 N–H and O–H groups in total. The van der Waals surface area contributed by atoms with Gasteiger partial charge in [0.25, 0.3) is 0 Å². The van der Waals surface area contributed by atoms with Crippen molar-refractivity contribution in [3.8, 4) is 0 Å². The van der Waals surface area contributed by atoms with E-state index >= 15 is 0 Å². The van der Waals surface area contributed by atoms with Gasteiger partial charge in [0, 0.05) is 19.1 Å². The number of likely N-dealkylation sites (tertiary alicyclic amines) is 1. The van der Waals surface area contributed by atoms with Crippen LogP contribution in [0.25, 0.3) is 0 Å². The van der Waals surface area contributed by atoms with Crippen molar-refractivity contribution < 1.29 is 19.1 Å². The van der Waals surface area contributed by atoms with E-state index in [9.17, 15) is 9.59 Å². The normalized spacial score (nSPS) is 21.7. The highest BCUT2D eigenvalue weighted by molar-refractivity contribution is 5.87. The van der Waals surface area contributed by atoms with E-state index in [2.05, 4.69) is 77.7 Å². The van der Waals surface area contributed by atoms with Crippen LogP contribution in [0.2, 0.25) is 0 Å². The minimum atomic E-state index is -1.15. The number of nitrogens with zero attached hydrogens (tertiary/aromatic N) is 2. The fraction of sp³-hybridized carbons (Fsp3) is 0.375. The van der Waals surface area contributed by atoms with Gasteiger partial charge in [-0.15, -0.1) is 0 Å². The lowest BCUT2D eigenvalue weighted by Gasteiger charge is -2.54. The average Bonchev–Trinajstić information content (AvgIpc) is 3.17. The van der Waals surface area contributed by atoms with Crippen LogP contribution in [0.15, 0.2) is 91.0 Å². The van der Waals surface area contributed by atoms with E-state index in [0.717, 1.165) is 16.7 Å². The zero-order valence-electron chi connectivity index (χ0n) is 22.6. The van der Waals surface area contributed by atoms with Gasteiger partial charge in [0.15, 0.2) is 5.54 Å². The van der Waals surface area contributed by atoms with E-state index in [-0.39, 0.29) is 6.04 Å². The van der Waals surface area contributed by atoms with Crippen LogP contribution in [-0.2, 0) is 19.8 Å². The van der Waals surface area contributed by atoms with Gasteiger partial charge in [-0.3, -0.25) is 9.80 Å². The Bertz CT molecular complexity index is 1180. The van der Waals surface area contributed by atoms with Crippen molar-refractivity contribution in [3.63, 3.8) is 0 Å². The number of hydrogen-bond donors (Lipinski definition) is 0. The number of fused-ring (bicyclic) bond motifs is 2. The molecular formula is C32H36N2O4. The summed E-state index contributed by atoms with van der Waals surface area (Å²) in [6.07, 6.45) is 0.753. The van der Waals surface area contributed by atoms with Crippen molar-refractivity contribution in [2.75, 3.05) is 20.2 Å². The zero-order valence-corrected chi connectivity index (χ0v) is 22.6. The molecule has 2 aliphatic heterocycles. The Morgan fingerprint density at radius 2 is 1.29 bits per heavy atom. The summed E-state index contributed by atoms with van der Waals surface area (Å²) in [5.74, 6) is -0.404. The molecule has 2 bridgehead atoms. The maximum absolute atomic E-state index is 13.6. The van der Waals surface area contributed by atoms with Crippen molar-refractivity contribution in [2.45, 2.75) is 56.3 Å². The van der Waals surface area contributed by atoms with E-state index in [0.29, 0.717) is 25.9 Å². The maximum Gasteiger partial charge on any atom is 0.411 e. The first kappa shape index (κ1) is 26.0. The zero-order chi connectivity index (χ0) is 27.0. The van der Waals surface area contributed by atoms with Crippen molar-refractivity contribution in [1.29, 1.82) is 0 Å². The summed E-state index contributed by atoms with van der Waals surface area (Å²) in [7, 11) is 1.40. The molecule has 2 atom stereocenters. The Labute approximate surface area is 225 Å². The van der Waals surface area contributed by atoms with Crippen LogP contribution in [0.3, 0.4) is 0 Å². The quantitative estimate of drug-likeness (QED) is 0.329. The Kier molecular flexibility index (Phi) is 6.78. The lowest BCUT2D eigenvalue weighted by molar-refractivity contribution is -0.160. The van der Waals surface area contributed by atoms with E-state index < -0.39 is 28.7 Å². The Balaban J connectivity index is 1.71. The monoisotopic (exact) mass is 512 g/mol. The number of esters is 1. The molecule has 0 radical (unpaired) electrons. The summed E-state index contributed by atoms with van der Waals surface area (Å²) in [5.41, 5.74) is 0.787. The minimum absolute atomic E-state index is 0.201. The summed E-state index contributed by atoms with van der Waals surface area (Å²) in [5, 5.41) is 0. The first-order chi connectivity index (χ1) is 18.2. The molecule has 3 aromatic carbocycles. The largest absolute Gasteiger partial charge is 0.467 e. The molecule has 38 heavy (non-hydrogen) atoms. The fourth-order valence-corrected chi connectivity index (χ4v) is 6.40. The van der Waals surface area contributed by atoms with Gasteiger partial charge in [0.05, 0.1) is 12.6 Å². The van der Waals surface area contributed by atoms with Gasteiger partial charge in [-0.1, -0.05) is 91.0 Å². The topological polar surface area (TPSA) is 59.1 Å². The number of rotatable bonds is 5. The van der Waals surface area contributed by atoms with Crippen LogP contribution >= 0.6 is 0 Å². The molecule has 0 spiro atoms. The number of benzene rings is 3. The number of carbonyl (C=O) groups excluding carboxylic acids is 2. The highest BCUT2D eigenvalue weighted by Gasteiger charge is 2.62. The second-order valence-corrected chi connectivity index (χ2v) is 11.3. The first-order valence-corrected chi connectivity index (χ1v) is 13.2. The van der Waals surface area contributed by atoms with Crippen molar-refractivity contribution in [2.24, 2.45) is 0 Å². The van der Waals surface area contributed by atoms with Crippen LogP contribution in [0, 0.1) is 0 Å². The Morgan fingerprint density at radius 1 is 0.816 bits per heavy atom. The smallest absolute Gasteiger partial charge is 0.411 e. The maximum atomic E-state index is 13.6. The van der Waals surface area contributed by atoms with Gasteiger partial charge in [-0.2, -0.15) is 0 Å². The van der Waals surface area contributed by atoms with Gasteiger partial charge >= 0.3 is 12.1 Å². The molecule has 2 fully saturated rings. The highest BCUT2D eigenvalue weighted by atomic mass is 16.6. The summed E-state index contributed by atoms with van der Waals surface area (Å²) < 4.78 is 11.2. The standard InChI is InChI=1S/C32H36N2O4/c1-30(2,3)38-29(36)34-27-20-21-31(34,28(35)37-4)23-33(22-27)32(24-14-8-5-9-15-24,25-16-10-6-11-17-25)26-18-12-7-13-19-26/h5-19,27H,20-23H2,1-4H3/t27-,31+/m1/s1. The van der Waals surface area contributed by atoms with Crippen LogP contribution in [0.1, 0.15) is 50.3 Å². The molecule has 3 aromatic rings. The molecule has 5 rings (SSSR count). The van der Waals surface area contributed by atoms with Crippen molar-refractivity contribution >= 4 is 12.1 Å². The lowest BCUT2D eigenvalue weighted by atomic mass is 9.74. The van der Waals surface area contributed by atoms with Crippen LogP contribution in [0.5, 0.6) is 0 Å². The molecule has 1 amide bonds. The van der Waals surface area contributed by atoms with Gasteiger partial charge in [0.2, 0.25) is 0 Å². The molecule has 6 heteroatoms. The summed E-state index contributed by atoms with van der Waals surface area (Å²) in [6, 6.07) is 31.0. The summed E-state index contributed by atoms with van der Waals surface area (Å²) >= 11 is 0. The first-order valence-electron chi connectivity index (χ1n) is 13.2. The van der Waals surface area contributed by atoms with Gasteiger partial charge in [-0.05, 0) is 50.3 Å². The van der Waals surface area contributed by atoms with Gasteiger partial charge in [0.1, 0.15) is 5.60 Å². The molecule has 0 unspecified atom stereocenters. The van der Waals surface area contributed by atoms with E-state index in [4.69, 9.17) is 9.47 Å². The lowest BCUT2D eigenvalue weighted by Crippen LogP contribution is -2.70. The molecule has 2 aliphatic rings. The Hall–Kier alpha value is -3.64. The molecule has 198 valence electrons. The predicted octanol–water partition coefficient (Wildman–Crippen LogP) is 5.61. The molecule has 0 aliphatic carbocycles. The third-order valence-corrected chi connectivity index (χ3v) is 7.81. The van der Waals surface area contributed by atoms with E-state index in [1.165, 1.54) is 7.11 Å². The fourth-order valence-electron chi connectivity index (χ4n) is 6.40. The SMILES string of the molecule is COC(=O)[C@]12CC[C@H](CN(C(c3ccccc3)(c3ccccc3)c3ccccc3)C1)N2C(=O)OC(C)(C)C. The minimum Gasteiger partial charge on any atom is -0.467 e. The number of amides is 1. The molecular weight excluding hydrogens is 476 g/mol. The van der Waals surface area contributed by atoms with Gasteiger partial charge in [-0.25, -0.2) is 9.59 Å². The Morgan fingerprint density at radius 3 is 1.71 bits per heavy atom. The van der Waals surface area contributed by atoms with E-state index in [1.54, 1.807) is 4.90 Å². The van der Waals surface area contributed by atoms with E-state index in [1.807, 2.05) is 39.0 Å². The molecule has 2 heterocycles. The summed E-state index contributed by atoms with van der Waals surface area (Å²) in [4.78, 5) is 31.2. The highest BCUT2D eigenvalue weighted by Crippen LogP contribution is 2.49. The van der Waals surface area contributed by atoms with Crippen molar-refractivity contribution in [1.82, 2.24) is 9.80 Å². The molecule has 0 aromatic heterocycles. The number of piperazine rings is 1. The van der Waals surface area contributed by atoms with Crippen LogP contribution in [0.4, 0.5) is 4.79 Å². The van der Waals surface area contributed by atoms with Gasteiger partial charge < -0.3 is 9.47 Å².